The Labute approximate surface area is 207 Å². The fraction of sp³-hybridized carbons (Fsp3) is 0.538. The number of β-amino-alcohol motifs (C(OH)–C–C–N with tert-alkyl or cyclic N) is 1. The minimum atomic E-state index is -0.673. The highest BCUT2D eigenvalue weighted by atomic mass is 35.5. The summed E-state index contributed by atoms with van der Waals surface area (Å²) in [6.45, 7) is 9.60. The molecule has 5 nitrogen and oxygen atoms in total. The second-order valence-corrected chi connectivity index (χ2v) is 10.7. The maximum Gasteiger partial charge on any atom is 0.122 e. The second-order valence-electron chi connectivity index (χ2n) is 9.13. The van der Waals surface area contributed by atoms with Gasteiger partial charge in [-0.15, -0.1) is 11.6 Å². The molecular formula is C26H36ClNO4S. The van der Waals surface area contributed by atoms with Gasteiger partial charge < -0.3 is 19.7 Å². The van der Waals surface area contributed by atoms with Crippen molar-refractivity contribution < 1.29 is 19.7 Å². The van der Waals surface area contributed by atoms with Gasteiger partial charge in [0, 0.05) is 36.6 Å². The Morgan fingerprint density at radius 1 is 0.970 bits per heavy atom. The van der Waals surface area contributed by atoms with E-state index in [1.165, 1.54) is 11.1 Å². The number of rotatable bonds is 11. The first-order valence-electron chi connectivity index (χ1n) is 11.5. The first-order valence-corrected chi connectivity index (χ1v) is 13.2. The Hall–Kier alpha value is -1.44. The van der Waals surface area contributed by atoms with Crippen LogP contribution in [0.15, 0.2) is 42.5 Å². The summed E-state index contributed by atoms with van der Waals surface area (Å²) in [7, 11) is 0. The summed E-state index contributed by atoms with van der Waals surface area (Å²) in [5, 5.41) is 19.9. The summed E-state index contributed by atoms with van der Waals surface area (Å²) in [5.74, 6) is 3.94. The van der Waals surface area contributed by atoms with E-state index in [1.807, 2.05) is 36.9 Å². The molecule has 1 heterocycles. The monoisotopic (exact) mass is 493 g/mol. The first-order chi connectivity index (χ1) is 15.8. The summed E-state index contributed by atoms with van der Waals surface area (Å²) in [6.07, 6.45) is -1.16. The molecule has 0 amide bonds. The average Bonchev–Trinajstić information content (AvgIpc) is 2.82. The van der Waals surface area contributed by atoms with Crippen molar-refractivity contribution in [3.05, 3.63) is 59.2 Å². The van der Waals surface area contributed by atoms with Crippen molar-refractivity contribution in [2.75, 3.05) is 50.2 Å². The van der Waals surface area contributed by atoms with Gasteiger partial charge in [0.1, 0.15) is 36.9 Å². The van der Waals surface area contributed by atoms with E-state index < -0.39 is 12.2 Å². The molecule has 1 aliphatic heterocycles. The predicted octanol–water partition coefficient (Wildman–Crippen LogP) is 4.09. The Kier molecular flexibility index (Phi) is 9.77. The molecule has 1 aliphatic rings. The van der Waals surface area contributed by atoms with Crippen LogP contribution in [0.5, 0.6) is 11.5 Å². The Morgan fingerprint density at radius 3 is 2.24 bits per heavy atom. The third-order valence-corrected chi connectivity index (χ3v) is 7.40. The second kappa shape index (κ2) is 12.3. The Balaban J connectivity index is 1.57. The number of nitrogens with zero attached hydrogens (tertiary/aromatic N) is 1. The van der Waals surface area contributed by atoms with Gasteiger partial charge in [0.05, 0.1) is 5.88 Å². The zero-order chi connectivity index (χ0) is 23.8. The van der Waals surface area contributed by atoms with E-state index in [2.05, 4.69) is 43.0 Å². The maximum absolute atomic E-state index is 10.3. The molecule has 0 saturated carbocycles. The van der Waals surface area contributed by atoms with Crippen molar-refractivity contribution in [3.8, 4) is 11.5 Å². The number of ether oxygens (including phenoxy) is 2. The average molecular weight is 494 g/mol. The lowest BCUT2D eigenvalue weighted by atomic mass is 9.77. The Bertz CT molecular complexity index is 871. The molecule has 2 atom stereocenters. The molecule has 33 heavy (non-hydrogen) atoms. The van der Waals surface area contributed by atoms with E-state index in [-0.39, 0.29) is 17.9 Å². The van der Waals surface area contributed by atoms with Gasteiger partial charge in [-0.2, -0.15) is 11.8 Å². The van der Waals surface area contributed by atoms with Crippen LogP contribution in [0, 0.1) is 6.92 Å². The quantitative estimate of drug-likeness (QED) is 0.460. The van der Waals surface area contributed by atoms with Gasteiger partial charge in [0.25, 0.3) is 0 Å². The van der Waals surface area contributed by atoms with Crippen LogP contribution in [0.4, 0.5) is 0 Å². The number of alkyl halides is 1. The normalized spacial score (nSPS) is 16.9. The van der Waals surface area contributed by atoms with Gasteiger partial charge in [-0.1, -0.05) is 38.1 Å². The number of halogens is 1. The van der Waals surface area contributed by atoms with Gasteiger partial charge in [-0.3, -0.25) is 4.90 Å². The smallest absolute Gasteiger partial charge is 0.122 e. The summed E-state index contributed by atoms with van der Waals surface area (Å²) >= 11 is 7.61. The number of aryl methyl sites for hydroxylation is 1. The zero-order valence-corrected chi connectivity index (χ0v) is 21.4. The van der Waals surface area contributed by atoms with Crippen LogP contribution in [-0.2, 0) is 5.41 Å². The zero-order valence-electron chi connectivity index (χ0n) is 19.8. The molecule has 2 aromatic carbocycles. The molecule has 0 radical (unpaired) electrons. The van der Waals surface area contributed by atoms with Gasteiger partial charge in [-0.05, 0) is 41.8 Å². The standard InChI is InChI=1S/C26H36ClNO4S/c1-19-14-21(6-9-25(19)32-17-22(29)15-27)26(2,3)20-4-7-24(8-5-20)31-18-23(30)16-28-10-12-33-13-11-28/h4-9,14,22-23,29-30H,10-13,15-18H2,1-3H3/t22-,23-/m0/s1. The van der Waals surface area contributed by atoms with Crippen LogP contribution in [0.1, 0.15) is 30.5 Å². The van der Waals surface area contributed by atoms with E-state index in [0.717, 1.165) is 41.7 Å². The minimum absolute atomic E-state index is 0.153. The van der Waals surface area contributed by atoms with Crippen LogP contribution < -0.4 is 9.47 Å². The van der Waals surface area contributed by atoms with Crippen LogP contribution in [0.2, 0.25) is 0 Å². The van der Waals surface area contributed by atoms with Crippen LogP contribution in [-0.4, -0.2) is 77.6 Å². The summed E-state index contributed by atoms with van der Waals surface area (Å²) in [4.78, 5) is 2.30. The van der Waals surface area contributed by atoms with E-state index >= 15 is 0 Å². The molecule has 7 heteroatoms. The van der Waals surface area contributed by atoms with Crippen molar-refractivity contribution in [2.24, 2.45) is 0 Å². The van der Waals surface area contributed by atoms with Crippen molar-refractivity contribution in [1.29, 1.82) is 0 Å². The lowest BCUT2D eigenvalue weighted by Gasteiger charge is -2.28. The first kappa shape index (κ1) is 26.2. The number of aliphatic hydroxyl groups excluding tert-OH is 2. The number of hydrogen-bond acceptors (Lipinski definition) is 6. The summed E-state index contributed by atoms with van der Waals surface area (Å²) in [6, 6.07) is 14.3. The largest absolute Gasteiger partial charge is 0.491 e. The minimum Gasteiger partial charge on any atom is -0.491 e. The van der Waals surface area contributed by atoms with E-state index in [9.17, 15) is 10.2 Å². The molecule has 0 bridgehead atoms. The lowest BCUT2D eigenvalue weighted by molar-refractivity contribution is 0.0715. The number of aliphatic hydroxyl groups is 2. The van der Waals surface area contributed by atoms with Crippen molar-refractivity contribution in [1.82, 2.24) is 4.90 Å². The Morgan fingerprint density at radius 2 is 1.61 bits per heavy atom. The molecule has 3 rings (SSSR count). The van der Waals surface area contributed by atoms with E-state index in [0.29, 0.717) is 13.2 Å². The molecule has 0 unspecified atom stereocenters. The third-order valence-electron chi connectivity index (χ3n) is 6.10. The van der Waals surface area contributed by atoms with Gasteiger partial charge in [-0.25, -0.2) is 0 Å². The summed E-state index contributed by atoms with van der Waals surface area (Å²) in [5.41, 5.74) is 3.16. The van der Waals surface area contributed by atoms with Crippen LogP contribution >= 0.6 is 23.4 Å². The molecule has 182 valence electrons. The molecule has 0 aliphatic carbocycles. The summed E-state index contributed by atoms with van der Waals surface area (Å²) < 4.78 is 11.5. The van der Waals surface area contributed by atoms with Crippen LogP contribution in [0.3, 0.4) is 0 Å². The lowest BCUT2D eigenvalue weighted by Crippen LogP contribution is -2.40. The molecule has 0 spiro atoms. The predicted molar refractivity (Wildman–Crippen MR) is 137 cm³/mol. The van der Waals surface area contributed by atoms with E-state index in [4.69, 9.17) is 21.1 Å². The highest BCUT2D eigenvalue weighted by Crippen LogP contribution is 2.34. The molecule has 1 fully saturated rings. The third kappa shape index (κ3) is 7.52. The fourth-order valence-electron chi connectivity index (χ4n) is 3.89. The van der Waals surface area contributed by atoms with Crippen molar-refractivity contribution in [2.45, 2.75) is 38.4 Å². The van der Waals surface area contributed by atoms with E-state index in [1.54, 1.807) is 0 Å². The van der Waals surface area contributed by atoms with Gasteiger partial charge in [0.2, 0.25) is 0 Å². The highest BCUT2D eigenvalue weighted by Gasteiger charge is 2.24. The molecule has 1 saturated heterocycles. The molecule has 2 aromatic rings. The molecular weight excluding hydrogens is 458 g/mol. The molecule has 0 aromatic heterocycles. The number of thioether (sulfide) groups is 1. The molecule has 2 N–H and O–H groups in total. The highest BCUT2D eigenvalue weighted by molar-refractivity contribution is 7.99. The topological polar surface area (TPSA) is 62.2 Å². The maximum atomic E-state index is 10.3. The number of benzene rings is 2. The van der Waals surface area contributed by atoms with Crippen LogP contribution in [0.25, 0.3) is 0 Å². The SMILES string of the molecule is Cc1cc(C(C)(C)c2ccc(OC[C@@H](O)CN3CCSCC3)cc2)ccc1OC[C@@H](O)CCl. The number of hydrogen-bond donors (Lipinski definition) is 2. The van der Waals surface area contributed by atoms with Gasteiger partial charge >= 0.3 is 0 Å². The van der Waals surface area contributed by atoms with Crippen molar-refractivity contribution >= 4 is 23.4 Å². The van der Waals surface area contributed by atoms with Gasteiger partial charge in [0.15, 0.2) is 0 Å². The fourth-order valence-corrected chi connectivity index (χ4v) is 4.96. The van der Waals surface area contributed by atoms with Crippen molar-refractivity contribution in [3.63, 3.8) is 0 Å².